The van der Waals surface area contributed by atoms with Crippen LogP contribution in [-0.2, 0) is 6.42 Å². The van der Waals surface area contributed by atoms with Crippen LogP contribution in [0.15, 0.2) is 63.8 Å². The number of H-pyrrole nitrogens is 1. The van der Waals surface area contributed by atoms with E-state index >= 15 is 0 Å². The van der Waals surface area contributed by atoms with Crippen LogP contribution in [0.25, 0.3) is 22.6 Å². The molecule has 0 saturated carbocycles. The third-order valence-electron chi connectivity index (χ3n) is 5.81. The van der Waals surface area contributed by atoms with Gasteiger partial charge in [-0.1, -0.05) is 24.3 Å². The molecule has 11 heteroatoms. The number of aromatic amines is 1. The van der Waals surface area contributed by atoms with Gasteiger partial charge < -0.3 is 18.7 Å². The Balaban J connectivity index is 1.46. The predicted molar refractivity (Wildman–Crippen MR) is 114 cm³/mol. The van der Waals surface area contributed by atoms with Crippen molar-refractivity contribution in [3.63, 3.8) is 0 Å². The molecule has 0 radical (unpaired) electrons. The molecular formula is C23H16F2N6O3. The highest BCUT2D eigenvalue weighted by atomic mass is 19.3. The fourth-order valence-corrected chi connectivity index (χ4v) is 4.30. The van der Waals surface area contributed by atoms with E-state index < -0.39 is 18.4 Å². The van der Waals surface area contributed by atoms with Crippen molar-refractivity contribution < 1.29 is 22.4 Å². The molecule has 1 amide bonds. The molecule has 4 aromatic heterocycles. The van der Waals surface area contributed by atoms with Gasteiger partial charge in [-0.15, -0.1) is 10.2 Å². The average molecular weight is 462 g/mol. The van der Waals surface area contributed by atoms with Crippen LogP contribution in [0, 0.1) is 0 Å². The van der Waals surface area contributed by atoms with Crippen molar-refractivity contribution in [2.45, 2.75) is 18.9 Å². The van der Waals surface area contributed by atoms with E-state index in [4.69, 9.17) is 8.83 Å². The minimum Gasteiger partial charge on any atom is -0.458 e. The van der Waals surface area contributed by atoms with Gasteiger partial charge in [-0.3, -0.25) is 9.78 Å². The van der Waals surface area contributed by atoms with Crippen LogP contribution in [0.1, 0.15) is 45.9 Å². The summed E-state index contributed by atoms with van der Waals surface area (Å²) in [5.74, 6) is -0.856. The number of para-hydroxylation sites is 1. The molecular weight excluding hydrogens is 446 g/mol. The Morgan fingerprint density at radius 3 is 2.76 bits per heavy atom. The Labute approximate surface area is 190 Å². The van der Waals surface area contributed by atoms with E-state index in [-0.39, 0.29) is 35.0 Å². The molecule has 0 aliphatic carbocycles. The first kappa shape index (κ1) is 20.2. The molecule has 0 bridgehead atoms. The van der Waals surface area contributed by atoms with Crippen molar-refractivity contribution >= 4 is 16.9 Å². The topological polar surface area (TPSA) is 114 Å². The van der Waals surface area contributed by atoms with Crippen LogP contribution in [0.4, 0.5) is 8.78 Å². The highest BCUT2D eigenvalue weighted by Crippen LogP contribution is 2.43. The van der Waals surface area contributed by atoms with E-state index in [1.54, 1.807) is 48.7 Å². The van der Waals surface area contributed by atoms with E-state index in [2.05, 4.69) is 25.1 Å². The number of hydrogen-bond donors (Lipinski definition) is 1. The van der Waals surface area contributed by atoms with Crippen LogP contribution in [0.5, 0.6) is 0 Å². The van der Waals surface area contributed by atoms with Gasteiger partial charge in [-0.25, -0.2) is 13.8 Å². The number of benzene rings is 1. The lowest BCUT2D eigenvalue weighted by atomic mass is 9.97. The Hall–Kier alpha value is -4.41. The molecule has 34 heavy (non-hydrogen) atoms. The van der Waals surface area contributed by atoms with E-state index in [1.807, 2.05) is 0 Å². The first-order valence-electron chi connectivity index (χ1n) is 10.5. The van der Waals surface area contributed by atoms with E-state index in [0.717, 1.165) is 5.69 Å². The Kier molecular flexibility index (Phi) is 4.68. The molecule has 9 nitrogen and oxygen atoms in total. The lowest BCUT2D eigenvalue weighted by Gasteiger charge is -2.33. The molecule has 1 aliphatic heterocycles. The molecule has 0 saturated heterocycles. The average Bonchev–Trinajstić information content (AvgIpc) is 3.61. The predicted octanol–water partition coefficient (Wildman–Crippen LogP) is 4.33. The highest BCUT2D eigenvalue weighted by Gasteiger charge is 2.41. The van der Waals surface area contributed by atoms with Crippen LogP contribution in [0.3, 0.4) is 0 Å². The van der Waals surface area contributed by atoms with E-state index in [0.29, 0.717) is 23.4 Å². The van der Waals surface area contributed by atoms with Gasteiger partial charge in [-0.2, -0.15) is 0 Å². The number of nitrogens with one attached hydrogen (secondary N) is 1. The van der Waals surface area contributed by atoms with Crippen LogP contribution in [-0.4, -0.2) is 42.5 Å². The van der Waals surface area contributed by atoms with E-state index in [1.165, 1.54) is 11.2 Å². The summed E-state index contributed by atoms with van der Waals surface area (Å²) >= 11 is 0. The molecule has 0 fully saturated rings. The third kappa shape index (κ3) is 3.16. The first-order chi connectivity index (χ1) is 16.6. The van der Waals surface area contributed by atoms with Crippen LogP contribution >= 0.6 is 0 Å². The number of halogens is 2. The first-order valence-corrected chi connectivity index (χ1v) is 10.5. The minimum atomic E-state index is -2.82. The number of alkyl halides is 2. The number of hydrogen-bond acceptors (Lipinski definition) is 7. The zero-order chi connectivity index (χ0) is 23.2. The standard InChI is InChI=1S/C23H16F2N6O3/c24-20(25)16-12-5-1-2-7-15(12)33-19(16)18-17-13(27-11-28-17)8-10-31(18)23(32)22-30-29-21(34-22)14-6-3-4-9-26-14/h1-7,9,11,18,20H,8,10H2,(H,27,28)/t18-/m1/s1. The van der Waals surface area contributed by atoms with Crippen LogP contribution in [0.2, 0.25) is 0 Å². The number of nitrogens with zero attached hydrogens (tertiary/aromatic N) is 5. The largest absolute Gasteiger partial charge is 0.458 e. The maximum absolute atomic E-state index is 14.3. The molecule has 1 N–H and O–H groups in total. The summed E-state index contributed by atoms with van der Waals surface area (Å²) < 4.78 is 40.0. The van der Waals surface area contributed by atoms with Gasteiger partial charge in [-0.05, 0) is 18.2 Å². The number of imidazole rings is 1. The molecule has 5 aromatic rings. The fraction of sp³-hybridized carbons (Fsp3) is 0.174. The second kappa shape index (κ2) is 7.87. The summed E-state index contributed by atoms with van der Waals surface area (Å²) in [6.45, 7) is 0.208. The van der Waals surface area contributed by atoms with Crippen molar-refractivity contribution in [1.29, 1.82) is 0 Å². The van der Waals surface area contributed by atoms with Crippen molar-refractivity contribution in [3.05, 3.63) is 83.6 Å². The lowest BCUT2D eigenvalue weighted by Crippen LogP contribution is -2.41. The number of aromatic nitrogens is 5. The van der Waals surface area contributed by atoms with Crippen molar-refractivity contribution in [1.82, 2.24) is 30.0 Å². The SMILES string of the molecule is O=C(c1nnc(-c2ccccn2)o1)N1CCc2[nH]cnc2[C@@H]1c1oc2ccccc2c1C(F)F. The molecule has 1 aromatic carbocycles. The highest BCUT2D eigenvalue weighted by molar-refractivity contribution is 5.91. The molecule has 6 rings (SSSR count). The van der Waals surface area contributed by atoms with Gasteiger partial charge in [0.05, 0.1) is 17.6 Å². The Bertz CT molecular complexity index is 1490. The number of amides is 1. The van der Waals surface area contributed by atoms with Gasteiger partial charge >= 0.3 is 11.8 Å². The summed E-state index contributed by atoms with van der Waals surface area (Å²) in [5.41, 5.74) is 1.63. The number of carbonyl (C=O) groups is 1. The number of fused-ring (bicyclic) bond motifs is 2. The molecule has 170 valence electrons. The third-order valence-corrected chi connectivity index (χ3v) is 5.81. The smallest absolute Gasteiger partial charge is 0.312 e. The fourth-order valence-electron chi connectivity index (χ4n) is 4.30. The number of carbonyl (C=O) groups excluding carboxylic acids is 1. The Morgan fingerprint density at radius 2 is 1.94 bits per heavy atom. The van der Waals surface area contributed by atoms with E-state index in [9.17, 15) is 13.6 Å². The van der Waals surface area contributed by atoms with Gasteiger partial charge in [0.2, 0.25) is 0 Å². The zero-order valence-corrected chi connectivity index (χ0v) is 17.5. The van der Waals surface area contributed by atoms with Gasteiger partial charge in [0, 0.05) is 30.2 Å². The second-order valence-electron chi connectivity index (χ2n) is 7.72. The molecule has 5 heterocycles. The second-order valence-corrected chi connectivity index (χ2v) is 7.72. The summed E-state index contributed by atoms with van der Waals surface area (Å²) in [6, 6.07) is 10.7. The molecule has 1 atom stereocenters. The maximum Gasteiger partial charge on any atom is 0.312 e. The molecule has 0 spiro atoms. The number of pyridine rings is 1. The van der Waals surface area contributed by atoms with Gasteiger partial charge in [0.15, 0.2) is 0 Å². The van der Waals surface area contributed by atoms with Crippen molar-refractivity contribution in [3.8, 4) is 11.6 Å². The summed E-state index contributed by atoms with van der Waals surface area (Å²) in [7, 11) is 0. The number of rotatable bonds is 4. The summed E-state index contributed by atoms with van der Waals surface area (Å²) in [4.78, 5) is 26.4. The normalized spacial score (nSPS) is 15.7. The zero-order valence-electron chi connectivity index (χ0n) is 17.5. The quantitative estimate of drug-likeness (QED) is 0.423. The van der Waals surface area contributed by atoms with Crippen molar-refractivity contribution in [2.75, 3.05) is 6.54 Å². The van der Waals surface area contributed by atoms with Crippen LogP contribution < -0.4 is 0 Å². The van der Waals surface area contributed by atoms with Gasteiger partial charge in [0.1, 0.15) is 23.1 Å². The summed E-state index contributed by atoms with van der Waals surface area (Å²) in [6.07, 6.45) is 0.665. The lowest BCUT2D eigenvalue weighted by molar-refractivity contribution is 0.0623. The maximum atomic E-state index is 14.3. The molecule has 1 aliphatic rings. The Morgan fingerprint density at radius 1 is 1.09 bits per heavy atom. The minimum absolute atomic E-state index is 0.0398. The molecule has 0 unspecified atom stereocenters. The van der Waals surface area contributed by atoms with Gasteiger partial charge in [0.25, 0.3) is 12.3 Å². The summed E-state index contributed by atoms with van der Waals surface area (Å²) in [5, 5.41) is 8.10. The number of furan rings is 1. The van der Waals surface area contributed by atoms with Crippen molar-refractivity contribution in [2.24, 2.45) is 0 Å². The monoisotopic (exact) mass is 462 g/mol.